The highest BCUT2D eigenvalue weighted by atomic mass is 15.2. The van der Waals surface area contributed by atoms with Gasteiger partial charge in [-0.2, -0.15) is 0 Å². The highest BCUT2D eigenvalue weighted by Crippen LogP contribution is 2.34. The number of fused-ring (bicyclic) bond motifs is 1. The Morgan fingerprint density at radius 3 is 2.35 bits per heavy atom. The molecule has 1 saturated heterocycles. The van der Waals surface area contributed by atoms with E-state index in [9.17, 15) is 0 Å². The number of pyridine rings is 1. The minimum absolute atomic E-state index is 0.546. The van der Waals surface area contributed by atoms with Gasteiger partial charge in [-0.05, 0) is 56.1 Å². The van der Waals surface area contributed by atoms with E-state index in [1.807, 2.05) is 18.3 Å². The number of nitrogens with zero attached hydrogens (tertiary/aromatic N) is 3. The first-order chi connectivity index (χ1) is 12.6. The normalized spacial score (nSPS) is 16.1. The second kappa shape index (κ2) is 6.96. The van der Waals surface area contributed by atoms with Crippen LogP contribution in [0.3, 0.4) is 0 Å². The van der Waals surface area contributed by atoms with E-state index in [4.69, 9.17) is 10.7 Å². The number of hydrogen-bond donors (Lipinski definition) is 1. The van der Waals surface area contributed by atoms with Crippen LogP contribution >= 0.6 is 0 Å². The zero-order valence-corrected chi connectivity index (χ0v) is 15.5. The van der Waals surface area contributed by atoms with Gasteiger partial charge in [0, 0.05) is 35.9 Å². The molecule has 0 atom stereocenters. The van der Waals surface area contributed by atoms with Gasteiger partial charge in [0.2, 0.25) is 0 Å². The van der Waals surface area contributed by atoms with Gasteiger partial charge in [-0.1, -0.05) is 36.4 Å². The molecule has 2 N–H and O–H groups in total. The first-order valence-electron chi connectivity index (χ1n) is 9.28. The maximum absolute atomic E-state index is 5.85. The largest absolute Gasteiger partial charge is 0.399 e. The van der Waals surface area contributed by atoms with Gasteiger partial charge < -0.3 is 15.5 Å². The molecule has 1 aliphatic heterocycles. The van der Waals surface area contributed by atoms with Gasteiger partial charge in [0.25, 0.3) is 0 Å². The molecular formula is C22H26N4. The van der Waals surface area contributed by atoms with Crippen molar-refractivity contribution in [3.05, 3.63) is 54.7 Å². The highest BCUT2D eigenvalue weighted by Gasteiger charge is 2.23. The lowest BCUT2D eigenvalue weighted by atomic mass is 9.99. The molecule has 0 aliphatic carbocycles. The zero-order chi connectivity index (χ0) is 18.1. The molecule has 0 bridgehead atoms. The summed E-state index contributed by atoms with van der Waals surface area (Å²) in [5.41, 5.74) is 8.93. The Balaban J connectivity index is 1.76. The Morgan fingerprint density at radius 2 is 1.65 bits per heavy atom. The molecule has 1 aliphatic rings. The number of aromatic nitrogens is 1. The molecule has 4 heteroatoms. The van der Waals surface area contributed by atoms with Gasteiger partial charge >= 0.3 is 0 Å². The molecule has 1 aromatic heterocycles. The lowest BCUT2D eigenvalue weighted by Gasteiger charge is -2.36. The smallest absolute Gasteiger partial charge is 0.136 e. The predicted molar refractivity (Wildman–Crippen MR) is 111 cm³/mol. The second-order valence-corrected chi connectivity index (χ2v) is 7.31. The molecular weight excluding hydrogens is 320 g/mol. The molecule has 0 unspecified atom stereocenters. The molecule has 4 nitrogen and oxygen atoms in total. The maximum Gasteiger partial charge on any atom is 0.136 e. The quantitative estimate of drug-likeness (QED) is 0.728. The lowest BCUT2D eigenvalue weighted by Crippen LogP contribution is -2.42. The van der Waals surface area contributed by atoms with Crippen molar-refractivity contribution in [3.8, 4) is 11.1 Å². The summed E-state index contributed by atoms with van der Waals surface area (Å²) < 4.78 is 0. The summed E-state index contributed by atoms with van der Waals surface area (Å²) >= 11 is 0. The fraction of sp³-hybridized carbons (Fsp3) is 0.318. The second-order valence-electron chi connectivity index (χ2n) is 7.31. The van der Waals surface area contributed by atoms with Crippen molar-refractivity contribution in [3.63, 3.8) is 0 Å². The third-order valence-electron chi connectivity index (χ3n) is 5.57. The van der Waals surface area contributed by atoms with Gasteiger partial charge in [-0.15, -0.1) is 0 Å². The third kappa shape index (κ3) is 3.13. The topological polar surface area (TPSA) is 45.4 Å². The van der Waals surface area contributed by atoms with E-state index < -0.39 is 0 Å². The van der Waals surface area contributed by atoms with Crippen molar-refractivity contribution >= 4 is 22.3 Å². The average Bonchev–Trinajstić information content (AvgIpc) is 2.68. The first kappa shape index (κ1) is 16.9. The van der Waals surface area contributed by atoms with Crippen LogP contribution < -0.4 is 10.6 Å². The van der Waals surface area contributed by atoms with Gasteiger partial charge in [0.05, 0.1) is 0 Å². The SMILES string of the molecule is CN1CCC(N(C)c2ncc(-c3ccc(N)cc3)c3ccccc23)CC1. The van der Waals surface area contributed by atoms with E-state index in [0.29, 0.717) is 6.04 Å². The van der Waals surface area contributed by atoms with E-state index in [0.717, 1.165) is 35.7 Å². The molecule has 0 amide bonds. The number of benzene rings is 2. The van der Waals surface area contributed by atoms with Crippen molar-refractivity contribution in [1.29, 1.82) is 0 Å². The van der Waals surface area contributed by atoms with E-state index in [2.05, 4.69) is 60.3 Å². The Bertz CT molecular complexity index is 896. The van der Waals surface area contributed by atoms with Crippen molar-refractivity contribution < 1.29 is 0 Å². The van der Waals surface area contributed by atoms with Crippen LogP contribution in [0.15, 0.2) is 54.7 Å². The van der Waals surface area contributed by atoms with Crippen molar-refractivity contribution in [2.45, 2.75) is 18.9 Å². The highest BCUT2D eigenvalue weighted by molar-refractivity contribution is 6.02. The summed E-state index contributed by atoms with van der Waals surface area (Å²) in [6.07, 6.45) is 4.38. The number of likely N-dealkylation sites (tertiary alicyclic amines) is 1. The van der Waals surface area contributed by atoms with Crippen LogP contribution in [-0.2, 0) is 0 Å². The van der Waals surface area contributed by atoms with Crippen LogP contribution in [-0.4, -0.2) is 43.1 Å². The van der Waals surface area contributed by atoms with Crippen molar-refractivity contribution in [2.75, 3.05) is 37.8 Å². The van der Waals surface area contributed by atoms with Gasteiger partial charge in [0.1, 0.15) is 5.82 Å². The number of anilines is 2. The molecule has 1 fully saturated rings. The van der Waals surface area contributed by atoms with Crippen LogP contribution in [0.5, 0.6) is 0 Å². The third-order valence-corrected chi connectivity index (χ3v) is 5.57. The monoisotopic (exact) mass is 346 g/mol. The molecule has 0 saturated carbocycles. The van der Waals surface area contributed by atoms with E-state index in [1.165, 1.54) is 23.6 Å². The molecule has 3 aromatic rings. The van der Waals surface area contributed by atoms with Gasteiger partial charge in [-0.25, -0.2) is 4.98 Å². The number of nitrogens with two attached hydrogens (primary N) is 1. The number of nitrogen functional groups attached to an aromatic ring is 1. The summed E-state index contributed by atoms with van der Waals surface area (Å²) in [4.78, 5) is 9.66. The molecule has 2 heterocycles. The standard InChI is InChI=1S/C22H26N4/c1-25-13-11-18(12-14-25)26(2)22-20-6-4-3-5-19(20)21(15-24-22)16-7-9-17(23)10-8-16/h3-10,15,18H,11-14,23H2,1-2H3. The van der Waals surface area contributed by atoms with E-state index in [1.54, 1.807) is 0 Å². The van der Waals surface area contributed by atoms with Crippen LogP contribution in [0.1, 0.15) is 12.8 Å². The Morgan fingerprint density at radius 1 is 1.00 bits per heavy atom. The number of piperidine rings is 1. The number of hydrogen-bond acceptors (Lipinski definition) is 4. The molecule has 4 rings (SSSR count). The fourth-order valence-corrected chi connectivity index (χ4v) is 3.91. The Kier molecular flexibility index (Phi) is 4.51. The summed E-state index contributed by atoms with van der Waals surface area (Å²) in [6.45, 7) is 2.30. The molecule has 134 valence electrons. The average molecular weight is 346 g/mol. The molecule has 26 heavy (non-hydrogen) atoms. The van der Waals surface area contributed by atoms with E-state index in [-0.39, 0.29) is 0 Å². The van der Waals surface area contributed by atoms with Gasteiger partial charge in [0.15, 0.2) is 0 Å². The Labute approximate surface area is 155 Å². The summed E-state index contributed by atoms with van der Waals surface area (Å²) in [6, 6.07) is 17.2. The minimum Gasteiger partial charge on any atom is -0.399 e. The molecule has 0 spiro atoms. The van der Waals surface area contributed by atoms with Crippen LogP contribution in [0.25, 0.3) is 21.9 Å². The predicted octanol–water partition coefficient (Wildman–Crippen LogP) is 4.01. The minimum atomic E-state index is 0.546. The summed E-state index contributed by atoms with van der Waals surface area (Å²) in [5.74, 6) is 1.08. The first-order valence-corrected chi connectivity index (χ1v) is 9.28. The molecule has 2 aromatic carbocycles. The summed E-state index contributed by atoms with van der Waals surface area (Å²) in [7, 11) is 4.39. The van der Waals surface area contributed by atoms with E-state index >= 15 is 0 Å². The Hall–Kier alpha value is -2.59. The molecule has 0 radical (unpaired) electrons. The number of rotatable bonds is 3. The summed E-state index contributed by atoms with van der Waals surface area (Å²) in [5, 5.41) is 2.45. The fourth-order valence-electron chi connectivity index (χ4n) is 3.91. The maximum atomic E-state index is 5.85. The lowest BCUT2D eigenvalue weighted by molar-refractivity contribution is 0.252. The van der Waals surface area contributed by atoms with Crippen LogP contribution in [0, 0.1) is 0 Å². The zero-order valence-electron chi connectivity index (χ0n) is 15.5. The van der Waals surface area contributed by atoms with Crippen LogP contribution in [0.2, 0.25) is 0 Å². The van der Waals surface area contributed by atoms with Crippen molar-refractivity contribution in [2.24, 2.45) is 0 Å². The van der Waals surface area contributed by atoms with Crippen LogP contribution in [0.4, 0.5) is 11.5 Å². The van der Waals surface area contributed by atoms with Gasteiger partial charge in [-0.3, -0.25) is 0 Å². The van der Waals surface area contributed by atoms with Crippen molar-refractivity contribution in [1.82, 2.24) is 9.88 Å².